The highest BCUT2D eigenvalue weighted by atomic mass is 16.5. The van der Waals surface area contributed by atoms with Gasteiger partial charge in [0.1, 0.15) is 0 Å². The SMILES string of the molecule is Cc1noc(CNc2ccc(C(=O)O)cc2C)n1. The summed E-state index contributed by atoms with van der Waals surface area (Å²) < 4.78 is 4.97. The van der Waals surface area contributed by atoms with Gasteiger partial charge >= 0.3 is 5.97 Å². The molecule has 94 valence electrons. The molecule has 0 bridgehead atoms. The predicted molar refractivity (Wildman–Crippen MR) is 64.5 cm³/mol. The first-order chi connectivity index (χ1) is 8.56. The van der Waals surface area contributed by atoms with Gasteiger partial charge in [-0.25, -0.2) is 4.79 Å². The van der Waals surface area contributed by atoms with E-state index in [1.165, 1.54) is 0 Å². The summed E-state index contributed by atoms with van der Waals surface area (Å²) in [6.07, 6.45) is 0. The number of nitrogens with one attached hydrogen (secondary N) is 1. The first kappa shape index (κ1) is 12.1. The zero-order chi connectivity index (χ0) is 13.1. The maximum absolute atomic E-state index is 10.8. The van der Waals surface area contributed by atoms with Crippen molar-refractivity contribution in [1.82, 2.24) is 10.1 Å². The molecule has 1 heterocycles. The summed E-state index contributed by atoms with van der Waals surface area (Å²) in [5.74, 6) is 0.149. The number of nitrogens with zero attached hydrogens (tertiary/aromatic N) is 2. The van der Waals surface area contributed by atoms with Crippen molar-refractivity contribution < 1.29 is 14.4 Å². The van der Waals surface area contributed by atoms with Gasteiger partial charge in [-0.3, -0.25) is 0 Å². The van der Waals surface area contributed by atoms with E-state index in [2.05, 4.69) is 15.5 Å². The van der Waals surface area contributed by atoms with Gasteiger partial charge < -0.3 is 14.9 Å². The maximum Gasteiger partial charge on any atom is 0.335 e. The molecule has 0 atom stereocenters. The zero-order valence-corrected chi connectivity index (χ0v) is 10.1. The van der Waals surface area contributed by atoms with Crippen LogP contribution in [-0.2, 0) is 6.54 Å². The van der Waals surface area contributed by atoms with Gasteiger partial charge in [-0.1, -0.05) is 5.16 Å². The highest BCUT2D eigenvalue weighted by Gasteiger charge is 2.07. The molecule has 1 aromatic heterocycles. The molecule has 0 saturated heterocycles. The number of rotatable bonds is 4. The molecule has 0 fully saturated rings. The maximum atomic E-state index is 10.8. The Hall–Kier alpha value is -2.37. The summed E-state index contributed by atoms with van der Waals surface area (Å²) in [5, 5.41) is 15.7. The molecule has 0 spiro atoms. The number of aromatic nitrogens is 2. The fraction of sp³-hybridized carbons (Fsp3) is 0.250. The van der Waals surface area contributed by atoms with Crippen LogP contribution in [0, 0.1) is 13.8 Å². The van der Waals surface area contributed by atoms with Crippen molar-refractivity contribution in [1.29, 1.82) is 0 Å². The molecule has 6 heteroatoms. The third-order valence-electron chi connectivity index (χ3n) is 2.47. The largest absolute Gasteiger partial charge is 0.478 e. The monoisotopic (exact) mass is 247 g/mol. The molecular weight excluding hydrogens is 234 g/mol. The number of benzene rings is 1. The minimum absolute atomic E-state index is 0.270. The summed E-state index contributed by atoms with van der Waals surface area (Å²) in [5.41, 5.74) is 1.97. The molecule has 2 aromatic rings. The van der Waals surface area contributed by atoms with Crippen molar-refractivity contribution in [2.24, 2.45) is 0 Å². The summed E-state index contributed by atoms with van der Waals surface area (Å²) in [4.78, 5) is 14.9. The van der Waals surface area contributed by atoms with Gasteiger partial charge in [-0.2, -0.15) is 4.98 Å². The molecule has 6 nitrogen and oxygen atoms in total. The summed E-state index contributed by atoms with van der Waals surface area (Å²) in [6, 6.07) is 4.89. The second kappa shape index (κ2) is 4.87. The molecule has 2 rings (SSSR count). The Morgan fingerprint density at radius 2 is 2.22 bits per heavy atom. The van der Waals surface area contributed by atoms with Gasteiger partial charge in [0.15, 0.2) is 5.82 Å². The minimum Gasteiger partial charge on any atom is -0.478 e. The van der Waals surface area contributed by atoms with Crippen molar-refractivity contribution >= 4 is 11.7 Å². The summed E-state index contributed by atoms with van der Waals surface area (Å²) in [6.45, 7) is 4.00. The van der Waals surface area contributed by atoms with Gasteiger partial charge in [0.25, 0.3) is 0 Å². The quantitative estimate of drug-likeness (QED) is 0.859. The molecule has 0 unspecified atom stereocenters. The predicted octanol–water partition coefficient (Wildman–Crippen LogP) is 2.00. The number of carbonyl (C=O) groups is 1. The molecule has 0 aliphatic rings. The van der Waals surface area contributed by atoms with Crippen LogP contribution in [0.1, 0.15) is 27.6 Å². The highest BCUT2D eigenvalue weighted by Crippen LogP contribution is 2.17. The fourth-order valence-corrected chi connectivity index (χ4v) is 1.58. The molecule has 0 aliphatic carbocycles. The number of anilines is 1. The Labute approximate surface area is 104 Å². The minimum atomic E-state index is -0.933. The van der Waals surface area contributed by atoms with E-state index in [1.54, 1.807) is 25.1 Å². The number of hydrogen-bond donors (Lipinski definition) is 2. The van der Waals surface area contributed by atoms with Crippen LogP contribution in [0.25, 0.3) is 0 Å². The first-order valence-electron chi connectivity index (χ1n) is 5.43. The molecule has 0 aliphatic heterocycles. The van der Waals surface area contributed by atoms with Gasteiger partial charge in [-0.15, -0.1) is 0 Å². The van der Waals surface area contributed by atoms with Crippen LogP contribution in [0.15, 0.2) is 22.7 Å². The molecule has 0 amide bonds. The van der Waals surface area contributed by atoms with E-state index in [0.717, 1.165) is 11.3 Å². The molecule has 0 saturated carbocycles. The Kier molecular flexibility index (Phi) is 3.27. The van der Waals surface area contributed by atoms with Crippen molar-refractivity contribution in [2.75, 3.05) is 5.32 Å². The van der Waals surface area contributed by atoms with Gasteiger partial charge in [0.05, 0.1) is 12.1 Å². The molecule has 0 radical (unpaired) electrons. The van der Waals surface area contributed by atoms with Crippen LogP contribution in [0.2, 0.25) is 0 Å². The summed E-state index contributed by atoms with van der Waals surface area (Å²) >= 11 is 0. The van der Waals surface area contributed by atoms with Crippen molar-refractivity contribution in [2.45, 2.75) is 20.4 Å². The van der Waals surface area contributed by atoms with Gasteiger partial charge in [-0.05, 0) is 37.6 Å². The third kappa shape index (κ3) is 2.65. The van der Waals surface area contributed by atoms with Crippen LogP contribution in [-0.4, -0.2) is 21.2 Å². The Balaban J connectivity index is 2.08. The van der Waals surface area contributed by atoms with Crippen LogP contribution >= 0.6 is 0 Å². The second-order valence-corrected chi connectivity index (χ2v) is 3.92. The van der Waals surface area contributed by atoms with Crippen LogP contribution in [0.5, 0.6) is 0 Å². The third-order valence-corrected chi connectivity index (χ3v) is 2.47. The fourth-order valence-electron chi connectivity index (χ4n) is 1.58. The number of hydrogen-bond acceptors (Lipinski definition) is 5. The Morgan fingerprint density at radius 3 is 2.78 bits per heavy atom. The van der Waals surface area contributed by atoms with E-state index in [1.807, 2.05) is 6.92 Å². The number of aryl methyl sites for hydroxylation is 2. The van der Waals surface area contributed by atoms with E-state index in [-0.39, 0.29) is 5.56 Å². The van der Waals surface area contributed by atoms with Gasteiger partial charge in [0.2, 0.25) is 5.89 Å². The van der Waals surface area contributed by atoms with Crippen molar-refractivity contribution in [3.05, 3.63) is 41.0 Å². The van der Waals surface area contributed by atoms with E-state index in [9.17, 15) is 4.79 Å². The number of aromatic carboxylic acids is 1. The zero-order valence-electron chi connectivity index (χ0n) is 10.1. The first-order valence-corrected chi connectivity index (χ1v) is 5.43. The van der Waals surface area contributed by atoms with E-state index in [0.29, 0.717) is 18.3 Å². The molecule has 2 N–H and O–H groups in total. The lowest BCUT2D eigenvalue weighted by atomic mass is 10.1. The molecule has 18 heavy (non-hydrogen) atoms. The molecule has 1 aromatic carbocycles. The number of carboxylic acids is 1. The molecular formula is C12H13N3O3. The average molecular weight is 247 g/mol. The average Bonchev–Trinajstić information content (AvgIpc) is 2.73. The number of carboxylic acid groups (broad SMARTS) is 1. The highest BCUT2D eigenvalue weighted by molar-refractivity contribution is 5.88. The Morgan fingerprint density at radius 1 is 1.44 bits per heavy atom. The standard InChI is InChI=1S/C12H13N3O3/c1-7-5-9(12(16)17)3-4-10(7)13-6-11-14-8(2)15-18-11/h3-5,13H,6H2,1-2H3,(H,16,17). The smallest absolute Gasteiger partial charge is 0.335 e. The van der Waals surface area contributed by atoms with Crippen LogP contribution < -0.4 is 5.32 Å². The van der Waals surface area contributed by atoms with E-state index < -0.39 is 5.97 Å². The lowest BCUT2D eigenvalue weighted by molar-refractivity contribution is 0.0697. The van der Waals surface area contributed by atoms with Crippen LogP contribution in [0.3, 0.4) is 0 Å². The summed E-state index contributed by atoms with van der Waals surface area (Å²) in [7, 11) is 0. The van der Waals surface area contributed by atoms with Crippen LogP contribution in [0.4, 0.5) is 5.69 Å². The second-order valence-electron chi connectivity index (χ2n) is 3.92. The lowest BCUT2D eigenvalue weighted by Gasteiger charge is -2.07. The van der Waals surface area contributed by atoms with Gasteiger partial charge in [0, 0.05) is 5.69 Å². The van der Waals surface area contributed by atoms with E-state index in [4.69, 9.17) is 9.63 Å². The lowest BCUT2D eigenvalue weighted by Crippen LogP contribution is -2.03. The van der Waals surface area contributed by atoms with Crippen molar-refractivity contribution in [3.63, 3.8) is 0 Å². The van der Waals surface area contributed by atoms with Crippen molar-refractivity contribution in [3.8, 4) is 0 Å². The van der Waals surface area contributed by atoms with E-state index >= 15 is 0 Å². The normalized spacial score (nSPS) is 10.3. The topological polar surface area (TPSA) is 88.2 Å². The Bertz CT molecular complexity index is 578.